The predicted molar refractivity (Wildman–Crippen MR) is 165 cm³/mol. The summed E-state index contributed by atoms with van der Waals surface area (Å²) in [4.78, 5) is 24.0. The molecule has 0 aliphatic rings. The summed E-state index contributed by atoms with van der Waals surface area (Å²) in [6.45, 7) is 4.73. The van der Waals surface area contributed by atoms with Crippen LogP contribution in [0.25, 0.3) is 22.3 Å². The van der Waals surface area contributed by atoms with Crippen LogP contribution in [0.2, 0.25) is 0 Å². The highest BCUT2D eigenvalue weighted by atomic mass is 16.5. The van der Waals surface area contributed by atoms with Crippen LogP contribution in [0.3, 0.4) is 0 Å². The second-order valence-electron chi connectivity index (χ2n) is 9.71. The lowest BCUT2D eigenvalue weighted by molar-refractivity contribution is -0.116. The summed E-state index contributed by atoms with van der Waals surface area (Å²) >= 11 is 0. The van der Waals surface area contributed by atoms with Gasteiger partial charge in [-0.05, 0) is 62.0 Å². The third kappa shape index (κ3) is 8.00. The Balaban J connectivity index is 1.68. The van der Waals surface area contributed by atoms with Crippen molar-refractivity contribution in [3.8, 4) is 17.1 Å². The van der Waals surface area contributed by atoms with Gasteiger partial charge in [0.05, 0.1) is 12.1 Å². The first-order chi connectivity index (χ1) is 19.9. The van der Waals surface area contributed by atoms with E-state index in [9.17, 15) is 4.79 Å². The molecule has 10 heteroatoms. The molecule has 3 aromatic carbocycles. The summed E-state index contributed by atoms with van der Waals surface area (Å²) in [5.41, 5.74) is 10.0. The van der Waals surface area contributed by atoms with Crippen molar-refractivity contribution in [1.82, 2.24) is 14.9 Å². The Morgan fingerprint density at radius 2 is 1.88 bits per heavy atom. The summed E-state index contributed by atoms with van der Waals surface area (Å²) in [5.74, 6) is 1.75. The smallest absolute Gasteiger partial charge is 0.224 e. The van der Waals surface area contributed by atoms with Crippen LogP contribution in [0, 0.1) is 5.41 Å². The van der Waals surface area contributed by atoms with E-state index < -0.39 is 0 Å². The Kier molecular flexibility index (Phi) is 10.2. The van der Waals surface area contributed by atoms with Gasteiger partial charge in [0.25, 0.3) is 0 Å². The van der Waals surface area contributed by atoms with Gasteiger partial charge in [-0.2, -0.15) is 0 Å². The molecule has 0 atom stereocenters. The van der Waals surface area contributed by atoms with Crippen LogP contribution in [0.1, 0.15) is 25.3 Å². The molecule has 4 aromatic rings. The molecule has 0 aliphatic heterocycles. The Labute approximate surface area is 240 Å². The number of rotatable bonds is 14. The van der Waals surface area contributed by atoms with Gasteiger partial charge in [0.1, 0.15) is 18.2 Å². The molecule has 41 heavy (non-hydrogen) atoms. The minimum atomic E-state index is -0.0331. The van der Waals surface area contributed by atoms with E-state index in [0.29, 0.717) is 54.0 Å². The van der Waals surface area contributed by atoms with Gasteiger partial charge in [-0.3, -0.25) is 4.79 Å². The van der Waals surface area contributed by atoms with Crippen molar-refractivity contribution in [3.05, 3.63) is 66.2 Å². The molecule has 0 saturated heterocycles. The minimum Gasteiger partial charge on any atom is -0.492 e. The number of amides is 1. The average Bonchev–Trinajstić information content (AvgIpc) is 2.97. The van der Waals surface area contributed by atoms with Gasteiger partial charge < -0.3 is 36.2 Å². The number of ether oxygens (including phenoxy) is 2. The highest BCUT2D eigenvalue weighted by Crippen LogP contribution is 2.31. The number of benzene rings is 3. The van der Waals surface area contributed by atoms with Gasteiger partial charge in [0.15, 0.2) is 5.82 Å². The summed E-state index contributed by atoms with van der Waals surface area (Å²) in [5, 5.41) is 14.8. The number of hydrogen-bond acceptors (Lipinski definition) is 9. The lowest BCUT2D eigenvalue weighted by atomic mass is 10.1. The van der Waals surface area contributed by atoms with Gasteiger partial charge in [-0.25, -0.2) is 9.97 Å². The van der Waals surface area contributed by atoms with Crippen LogP contribution in [-0.2, 0) is 9.53 Å². The van der Waals surface area contributed by atoms with E-state index in [1.54, 1.807) is 19.2 Å². The van der Waals surface area contributed by atoms with Crippen LogP contribution in [0.15, 0.2) is 60.7 Å². The van der Waals surface area contributed by atoms with Gasteiger partial charge in [0, 0.05) is 66.4 Å². The Morgan fingerprint density at radius 1 is 1.05 bits per heavy atom. The molecule has 0 bridgehead atoms. The number of hydrogen-bond donors (Lipinski definition) is 4. The van der Waals surface area contributed by atoms with Crippen LogP contribution >= 0.6 is 0 Å². The maximum Gasteiger partial charge on any atom is 0.224 e. The van der Waals surface area contributed by atoms with E-state index in [1.165, 1.54) is 6.21 Å². The summed E-state index contributed by atoms with van der Waals surface area (Å²) in [6, 6.07) is 18.6. The van der Waals surface area contributed by atoms with Crippen molar-refractivity contribution in [2.24, 2.45) is 0 Å². The predicted octanol–water partition coefficient (Wildman–Crippen LogP) is 5.32. The molecule has 5 N–H and O–H groups in total. The standard InChI is InChI=1S/C31H37N7O3/c1-4-6-29(39)34-23-8-5-7-21(17-23)30-36-28-12-10-25(41-16-14-38(2)13-15-40-3)19-26(28)31(37-30)35-24-9-11-27(33)22(18-24)20-32/h5,7-12,17-20,32H,4,6,13-16,33H2,1-3H3,(H,34,39)(H,35,36,37). The van der Waals surface area contributed by atoms with E-state index in [2.05, 4.69) is 15.5 Å². The van der Waals surface area contributed by atoms with E-state index in [4.69, 9.17) is 30.6 Å². The summed E-state index contributed by atoms with van der Waals surface area (Å²) in [6.07, 6.45) is 2.45. The maximum atomic E-state index is 12.2. The molecule has 1 aromatic heterocycles. The number of nitrogens with two attached hydrogens (primary N) is 1. The van der Waals surface area contributed by atoms with E-state index >= 15 is 0 Å². The lowest BCUT2D eigenvalue weighted by Crippen LogP contribution is -2.27. The first-order valence-corrected chi connectivity index (χ1v) is 13.6. The zero-order chi connectivity index (χ0) is 29.2. The molecular weight excluding hydrogens is 518 g/mol. The SMILES string of the molecule is CCCC(=O)Nc1cccc(-c2nc(Nc3ccc(N)c(C=N)c3)c3cc(OCCN(C)CCOC)ccc3n2)c1. The second kappa shape index (κ2) is 14.2. The lowest BCUT2D eigenvalue weighted by Gasteiger charge is -2.17. The van der Waals surface area contributed by atoms with E-state index in [1.807, 2.05) is 62.5 Å². The van der Waals surface area contributed by atoms with Crippen LogP contribution in [0.4, 0.5) is 22.9 Å². The molecule has 4 rings (SSSR count). The molecule has 0 unspecified atom stereocenters. The summed E-state index contributed by atoms with van der Waals surface area (Å²) < 4.78 is 11.2. The number of methoxy groups -OCH3 is 1. The second-order valence-corrected chi connectivity index (χ2v) is 9.71. The van der Waals surface area contributed by atoms with Crippen molar-refractivity contribution < 1.29 is 14.3 Å². The van der Waals surface area contributed by atoms with Gasteiger partial charge >= 0.3 is 0 Å². The number of carbonyl (C=O) groups excluding carboxylic acids is 1. The van der Waals surface area contributed by atoms with Gasteiger partial charge in [0.2, 0.25) is 5.91 Å². The van der Waals surface area contributed by atoms with E-state index in [-0.39, 0.29) is 5.91 Å². The zero-order valence-electron chi connectivity index (χ0n) is 23.7. The number of aromatic nitrogens is 2. The highest BCUT2D eigenvalue weighted by Gasteiger charge is 2.13. The third-order valence-electron chi connectivity index (χ3n) is 6.47. The number of nitrogens with zero attached hydrogens (tertiary/aromatic N) is 3. The summed E-state index contributed by atoms with van der Waals surface area (Å²) in [7, 11) is 3.72. The van der Waals surface area contributed by atoms with E-state index in [0.717, 1.165) is 41.7 Å². The molecule has 10 nitrogen and oxygen atoms in total. The number of likely N-dealkylation sites (N-methyl/N-ethyl adjacent to an activating group) is 1. The normalized spacial score (nSPS) is 11.0. The number of nitrogen functional groups attached to an aromatic ring is 1. The fourth-order valence-electron chi connectivity index (χ4n) is 4.20. The van der Waals surface area contributed by atoms with Gasteiger partial charge in [-0.15, -0.1) is 0 Å². The largest absolute Gasteiger partial charge is 0.492 e. The molecule has 0 aliphatic carbocycles. The van der Waals surface area contributed by atoms with Crippen LogP contribution in [-0.4, -0.2) is 67.5 Å². The van der Waals surface area contributed by atoms with Gasteiger partial charge in [-0.1, -0.05) is 19.1 Å². The average molecular weight is 556 g/mol. The molecule has 1 heterocycles. The zero-order valence-corrected chi connectivity index (χ0v) is 23.7. The topological polar surface area (TPSA) is 138 Å². The number of nitrogens with one attached hydrogen (secondary N) is 3. The maximum absolute atomic E-state index is 12.2. The molecule has 1 amide bonds. The first kappa shape index (κ1) is 29.4. The third-order valence-corrected chi connectivity index (χ3v) is 6.47. The molecule has 0 saturated carbocycles. The quantitative estimate of drug-likeness (QED) is 0.121. The molecule has 214 valence electrons. The fourth-order valence-corrected chi connectivity index (χ4v) is 4.20. The molecule has 0 radical (unpaired) electrons. The van der Waals surface area contributed by atoms with Crippen molar-refractivity contribution in [3.63, 3.8) is 0 Å². The van der Waals surface area contributed by atoms with Crippen molar-refractivity contribution in [2.45, 2.75) is 19.8 Å². The molecule has 0 fully saturated rings. The fraction of sp³-hybridized carbons (Fsp3) is 0.290. The van der Waals surface area contributed by atoms with Crippen molar-refractivity contribution in [1.29, 1.82) is 5.41 Å². The van der Waals surface area contributed by atoms with Crippen LogP contribution < -0.4 is 21.1 Å². The first-order valence-electron chi connectivity index (χ1n) is 13.6. The van der Waals surface area contributed by atoms with Crippen LogP contribution in [0.5, 0.6) is 5.75 Å². The Morgan fingerprint density at radius 3 is 2.66 bits per heavy atom. The Bertz CT molecular complexity index is 1510. The molecule has 0 spiro atoms. The molecular formula is C31H37N7O3. The number of fused-ring (bicyclic) bond motifs is 1. The number of anilines is 4. The van der Waals surface area contributed by atoms with Crippen molar-refractivity contribution in [2.75, 3.05) is 56.8 Å². The monoisotopic (exact) mass is 555 g/mol. The number of carbonyl (C=O) groups is 1. The Hall–Kier alpha value is -4.54. The minimum absolute atomic E-state index is 0.0331. The van der Waals surface area contributed by atoms with Crippen molar-refractivity contribution >= 4 is 45.9 Å². The highest BCUT2D eigenvalue weighted by molar-refractivity contribution is 5.95.